The molecule has 0 saturated carbocycles. The molecule has 1 unspecified atom stereocenters. The Hall–Kier alpha value is -2.28. The van der Waals surface area contributed by atoms with Gasteiger partial charge in [-0.15, -0.1) is 5.10 Å². The number of hydrogen-bond donors (Lipinski definition) is 2. The van der Waals surface area contributed by atoms with E-state index in [4.69, 9.17) is 5.11 Å². The first kappa shape index (κ1) is 15.1. The number of benzene rings is 1. The van der Waals surface area contributed by atoms with Gasteiger partial charge >= 0.3 is 5.97 Å². The van der Waals surface area contributed by atoms with Crippen molar-refractivity contribution in [3.05, 3.63) is 34.6 Å². The van der Waals surface area contributed by atoms with E-state index < -0.39 is 12.0 Å². The van der Waals surface area contributed by atoms with Crippen LogP contribution in [0.5, 0.6) is 0 Å². The zero-order chi connectivity index (χ0) is 15.4. The van der Waals surface area contributed by atoms with Crippen LogP contribution in [-0.2, 0) is 11.5 Å². The highest BCUT2D eigenvalue weighted by Gasteiger charge is 2.18. The molecule has 112 valence electrons. The molecule has 0 saturated heterocycles. The molecule has 0 amide bonds. The van der Waals surface area contributed by atoms with Gasteiger partial charge in [0, 0.05) is 0 Å². The second-order valence-electron chi connectivity index (χ2n) is 5.29. The predicted octanol–water partition coefficient (Wildman–Crippen LogP) is 0.838. The molecule has 7 nitrogen and oxygen atoms in total. The average molecular weight is 290 g/mol. The summed E-state index contributed by atoms with van der Waals surface area (Å²) in [6, 6.07) is 6.20. The minimum Gasteiger partial charge on any atom is -0.480 e. The van der Waals surface area contributed by atoms with Gasteiger partial charge in [0.25, 0.3) is 5.56 Å². The van der Waals surface area contributed by atoms with Gasteiger partial charge in [0.05, 0.1) is 12.1 Å². The van der Waals surface area contributed by atoms with Gasteiger partial charge in [-0.25, -0.2) is 0 Å². The molecule has 0 aliphatic carbocycles. The fourth-order valence-electron chi connectivity index (χ4n) is 2.07. The van der Waals surface area contributed by atoms with Crippen molar-refractivity contribution >= 4 is 16.9 Å². The summed E-state index contributed by atoms with van der Waals surface area (Å²) in [5.74, 6) is -0.705. The number of carboxylic acid groups (broad SMARTS) is 1. The van der Waals surface area contributed by atoms with E-state index in [9.17, 15) is 9.59 Å². The number of nitrogens with one attached hydrogen (secondary N) is 1. The third kappa shape index (κ3) is 3.63. The summed E-state index contributed by atoms with van der Waals surface area (Å²) in [7, 11) is 0. The Kier molecular flexibility index (Phi) is 4.64. The van der Waals surface area contributed by atoms with Crippen LogP contribution in [0.2, 0.25) is 0 Å². The van der Waals surface area contributed by atoms with Crippen molar-refractivity contribution in [3.8, 4) is 0 Å². The smallest absolute Gasteiger partial charge is 0.320 e. The SMILES string of the molecule is CC(C)CC(NCn1nnc2ccccc2c1=O)C(=O)O. The molecule has 0 aliphatic rings. The van der Waals surface area contributed by atoms with E-state index in [-0.39, 0.29) is 18.1 Å². The lowest BCUT2D eigenvalue weighted by molar-refractivity contribution is -0.140. The molecule has 1 aromatic heterocycles. The van der Waals surface area contributed by atoms with Crippen LogP contribution in [0.25, 0.3) is 10.9 Å². The molecule has 2 aromatic rings. The minimum atomic E-state index is -0.939. The number of nitrogens with zero attached hydrogens (tertiary/aromatic N) is 3. The predicted molar refractivity (Wildman–Crippen MR) is 77.8 cm³/mol. The van der Waals surface area contributed by atoms with Crippen molar-refractivity contribution < 1.29 is 9.90 Å². The molecule has 21 heavy (non-hydrogen) atoms. The van der Waals surface area contributed by atoms with Gasteiger partial charge in [0.1, 0.15) is 11.6 Å². The van der Waals surface area contributed by atoms with Crippen molar-refractivity contribution in [2.45, 2.75) is 33.0 Å². The zero-order valence-electron chi connectivity index (χ0n) is 12.0. The molecule has 0 fully saturated rings. The summed E-state index contributed by atoms with van der Waals surface area (Å²) < 4.78 is 1.14. The van der Waals surface area contributed by atoms with E-state index in [0.29, 0.717) is 17.3 Å². The van der Waals surface area contributed by atoms with Crippen LogP contribution in [0.1, 0.15) is 20.3 Å². The molecule has 0 radical (unpaired) electrons. The lowest BCUT2D eigenvalue weighted by Gasteiger charge is -2.16. The summed E-state index contributed by atoms with van der Waals surface area (Å²) in [5, 5.41) is 20.2. The second kappa shape index (κ2) is 6.45. The fraction of sp³-hybridized carbons (Fsp3) is 0.429. The largest absolute Gasteiger partial charge is 0.480 e. The first-order chi connectivity index (χ1) is 9.99. The number of hydrogen-bond acceptors (Lipinski definition) is 5. The summed E-state index contributed by atoms with van der Waals surface area (Å²) in [5.41, 5.74) is 0.234. The Morgan fingerprint density at radius 1 is 1.38 bits per heavy atom. The van der Waals surface area contributed by atoms with Crippen LogP contribution in [0.3, 0.4) is 0 Å². The van der Waals surface area contributed by atoms with E-state index in [2.05, 4.69) is 15.6 Å². The Morgan fingerprint density at radius 2 is 2.10 bits per heavy atom. The highest BCUT2D eigenvalue weighted by Crippen LogP contribution is 2.05. The van der Waals surface area contributed by atoms with Crippen LogP contribution in [-0.4, -0.2) is 32.1 Å². The summed E-state index contributed by atoms with van der Waals surface area (Å²) in [6.07, 6.45) is 0.477. The minimum absolute atomic E-state index is 0.0142. The third-order valence-corrected chi connectivity index (χ3v) is 3.12. The van der Waals surface area contributed by atoms with Gasteiger partial charge in [0.2, 0.25) is 0 Å². The summed E-state index contributed by atoms with van der Waals surface area (Å²) in [6.45, 7) is 3.90. The normalized spacial score (nSPS) is 12.7. The van der Waals surface area contributed by atoms with Crippen LogP contribution < -0.4 is 10.9 Å². The van der Waals surface area contributed by atoms with Crippen molar-refractivity contribution in [1.82, 2.24) is 20.3 Å². The molecule has 2 rings (SSSR count). The third-order valence-electron chi connectivity index (χ3n) is 3.12. The van der Waals surface area contributed by atoms with E-state index in [0.717, 1.165) is 4.68 Å². The number of aliphatic carboxylic acids is 1. The van der Waals surface area contributed by atoms with Crippen molar-refractivity contribution in [2.24, 2.45) is 5.92 Å². The van der Waals surface area contributed by atoms with E-state index in [1.807, 2.05) is 13.8 Å². The Bertz CT molecular complexity index is 696. The first-order valence-electron chi connectivity index (χ1n) is 6.77. The Balaban J connectivity index is 2.18. The number of aromatic nitrogens is 3. The Morgan fingerprint density at radius 3 is 2.76 bits per heavy atom. The molecule has 1 aromatic carbocycles. The maximum absolute atomic E-state index is 12.2. The maximum Gasteiger partial charge on any atom is 0.320 e. The molecule has 7 heteroatoms. The highest BCUT2D eigenvalue weighted by molar-refractivity contribution is 5.76. The fourth-order valence-corrected chi connectivity index (χ4v) is 2.07. The number of carboxylic acids is 1. The lowest BCUT2D eigenvalue weighted by Crippen LogP contribution is -2.41. The van der Waals surface area contributed by atoms with Crippen molar-refractivity contribution in [3.63, 3.8) is 0 Å². The highest BCUT2D eigenvalue weighted by atomic mass is 16.4. The van der Waals surface area contributed by atoms with Gasteiger partial charge in [-0.1, -0.05) is 31.2 Å². The van der Waals surface area contributed by atoms with E-state index >= 15 is 0 Å². The second-order valence-corrected chi connectivity index (χ2v) is 5.29. The van der Waals surface area contributed by atoms with Crippen molar-refractivity contribution in [2.75, 3.05) is 0 Å². The molecule has 2 N–H and O–H groups in total. The van der Waals surface area contributed by atoms with Crippen molar-refractivity contribution in [1.29, 1.82) is 0 Å². The van der Waals surface area contributed by atoms with Crippen LogP contribution in [0, 0.1) is 5.92 Å². The maximum atomic E-state index is 12.2. The van der Waals surface area contributed by atoms with Gasteiger partial charge in [-0.2, -0.15) is 4.68 Å². The topological polar surface area (TPSA) is 97.1 Å². The number of rotatable bonds is 6. The summed E-state index contributed by atoms with van der Waals surface area (Å²) >= 11 is 0. The number of fused-ring (bicyclic) bond motifs is 1. The average Bonchev–Trinajstić information content (AvgIpc) is 2.45. The van der Waals surface area contributed by atoms with E-state index in [1.54, 1.807) is 24.3 Å². The molecule has 1 heterocycles. The first-order valence-corrected chi connectivity index (χ1v) is 6.77. The van der Waals surface area contributed by atoms with Crippen LogP contribution in [0.4, 0.5) is 0 Å². The molecule has 0 spiro atoms. The van der Waals surface area contributed by atoms with E-state index in [1.165, 1.54) is 0 Å². The summed E-state index contributed by atoms with van der Waals surface area (Å²) in [4.78, 5) is 23.4. The molecular formula is C14H18N4O3. The van der Waals surface area contributed by atoms with Gasteiger partial charge < -0.3 is 5.11 Å². The molecule has 0 bridgehead atoms. The Labute approximate surface area is 121 Å². The van der Waals surface area contributed by atoms with Crippen LogP contribution >= 0.6 is 0 Å². The monoisotopic (exact) mass is 290 g/mol. The number of carbonyl (C=O) groups is 1. The molecular weight excluding hydrogens is 272 g/mol. The van der Waals surface area contributed by atoms with Gasteiger partial charge in [-0.05, 0) is 24.5 Å². The van der Waals surface area contributed by atoms with Gasteiger partial charge in [0.15, 0.2) is 0 Å². The molecule has 0 aliphatic heterocycles. The van der Waals surface area contributed by atoms with Crippen LogP contribution in [0.15, 0.2) is 29.1 Å². The zero-order valence-corrected chi connectivity index (χ0v) is 12.0. The lowest BCUT2D eigenvalue weighted by atomic mass is 10.0. The quantitative estimate of drug-likeness (QED) is 0.818. The van der Waals surface area contributed by atoms with Gasteiger partial charge in [-0.3, -0.25) is 14.9 Å². The standard InChI is InChI=1S/C14H18N4O3/c1-9(2)7-12(14(20)21)15-8-18-13(19)10-5-3-4-6-11(10)16-17-18/h3-6,9,12,15H,7-8H2,1-2H3,(H,20,21). The molecule has 1 atom stereocenters.